The Bertz CT molecular complexity index is 499. The molecule has 0 aliphatic rings. The first-order valence-electron chi connectivity index (χ1n) is 5.77. The molecule has 1 aromatic carbocycles. The van der Waals surface area contributed by atoms with Gasteiger partial charge in [-0.05, 0) is 35.4 Å². The quantitative estimate of drug-likeness (QED) is 0.811. The van der Waals surface area contributed by atoms with Crippen LogP contribution in [0.4, 0.5) is 5.82 Å². The smallest absolute Gasteiger partial charge is 0.125 e. The number of aliphatic hydroxyl groups is 1. The summed E-state index contributed by atoms with van der Waals surface area (Å²) in [6.45, 7) is 0.0980. The molecule has 2 rings (SSSR count). The Morgan fingerprint density at radius 2 is 1.94 bits per heavy atom. The van der Waals surface area contributed by atoms with Crippen LogP contribution in [0.5, 0.6) is 0 Å². The van der Waals surface area contributed by atoms with Crippen LogP contribution in [0.25, 0.3) is 0 Å². The van der Waals surface area contributed by atoms with E-state index in [1.165, 1.54) is 10.5 Å². The number of benzene rings is 1. The molecule has 0 spiro atoms. The van der Waals surface area contributed by atoms with Crippen LogP contribution in [-0.2, 0) is 12.4 Å². The van der Waals surface area contributed by atoms with Crippen molar-refractivity contribution in [2.24, 2.45) is 0 Å². The average Bonchev–Trinajstić information content (AvgIpc) is 2.46. The molecule has 4 heteroatoms. The van der Waals surface area contributed by atoms with Crippen molar-refractivity contribution in [3.8, 4) is 0 Å². The number of hydrogen-bond acceptors (Lipinski definition) is 4. The minimum atomic E-state index is 0.0980. The molecule has 1 aromatic heterocycles. The van der Waals surface area contributed by atoms with Crippen LogP contribution in [0.1, 0.15) is 11.1 Å². The van der Waals surface area contributed by atoms with E-state index >= 15 is 0 Å². The minimum absolute atomic E-state index is 0.0980. The Hall–Kier alpha value is -1.52. The summed E-state index contributed by atoms with van der Waals surface area (Å²) in [7, 11) is 1.87. The van der Waals surface area contributed by atoms with Crippen LogP contribution in [-0.4, -0.2) is 17.1 Å². The van der Waals surface area contributed by atoms with Gasteiger partial charge >= 0.3 is 0 Å². The van der Waals surface area contributed by atoms with Gasteiger partial charge in [-0.1, -0.05) is 12.1 Å². The molecule has 0 saturated heterocycles. The van der Waals surface area contributed by atoms with Gasteiger partial charge in [0, 0.05) is 23.9 Å². The van der Waals surface area contributed by atoms with Gasteiger partial charge in [-0.3, -0.25) is 0 Å². The molecule has 0 aliphatic carbocycles. The molecule has 0 saturated carbocycles. The number of thioether (sulfide) groups is 1. The molecule has 0 unspecified atom stereocenters. The van der Waals surface area contributed by atoms with Crippen molar-refractivity contribution in [2.75, 3.05) is 12.4 Å². The van der Waals surface area contributed by atoms with E-state index in [4.69, 9.17) is 5.11 Å². The molecule has 0 aliphatic heterocycles. The van der Waals surface area contributed by atoms with Crippen molar-refractivity contribution in [1.82, 2.24) is 4.98 Å². The van der Waals surface area contributed by atoms with Gasteiger partial charge in [-0.25, -0.2) is 4.98 Å². The summed E-state index contributed by atoms with van der Waals surface area (Å²) in [5.41, 5.74) is 2.19. The van der Waals surface area contributed by atoms with Crippen LogP contribution < -0.4 is 5.32 Å². The lowest BCUT2D eigenvalue weighted by atomic mass is 10.2. The highest BCUT2D eigenvalue weighted by Gasteiger charge is 1.99. The standard InChI is InChI=1S/C14H16N2OS/c1-15-14-8-12(6-7-16-14)10-18-13-4-2-11(9-17)3-5-13/h2-8,17H,9-10H2,1H3,(H,15,16). The third-order valence-corrected chi connectivity index (χ3v) is 3.68. The summed E-state index contributed by atoms with van der Waals surface area (Å²) in [6.07, 6.45) is 1.82. The van der Waals surface area contributed by atoms with Crippen LogP contribution in [0, 0.1) is 0 Å². The first kappa shape index (κ1) is 12.9. The van der Waals surface area contributed by atoms with Crippen LogP contribution >= 0.6 is 11.8 Å². The monoisotopic (exact) mass is 260 g/mol. The van der Waals surface area contributed by atoms with E-state index in [-0.39, 0.29) is 6.61 Å². The maximum atomic E-state index is 8.97. The van der Waals surface area contributed by atoms with E-state index in [1.807, 2.05) is 43.6 Å². The van der Waals surface area contributed by atoms with E-state index < -0.39 is 0 Å². The topological polar surface area (TPSA) is 45.1 Å². The van der Waals surface area contributed by atoms with Gasteiger partial charge in [0.25, 0.3) is 0 Å². The second kappa shape index (κ2) is 6.42. The summed E-state index contributed by atoms with van der Waals surface area (Å²) in [4.78, 5) is 5.39. The van der Waals surface area contributed by atoms with Gasteiger partial charge in [-0.15, -0.1) is 11.8 Å². The van der Waals surface area contributed by atoms with E-state index in [9.17, 15) is 0 Å². The third-order valence-electron chi connectivity index (χ3n) is 2.59. The molecular formula is C14H16N2OS. The largest absolute Gasteiger partial charge is 0.392 e. The van der Waals surface area contributed by atoms with Gasteiger partial charge in [0.15, 0.2) is 0 Å². The van der Waals surface area contributed by atoms with E-state index in [0.29, 0.717) is 0 Å². The maximum Gasteiger partial charge on any atom is 0.125 e. The zero-order chi connectivity index (χ0) is 12.8. The predicted molar refractivity (Wildman–Crippen MR) is 75.7 cm³/mol. The molecule has 3 nitrogen and oxygen atoms in total. The average molecular weight is 260 g/mol. The van der Waals surface area contributed by atoms with Crippen molar-refractivity contribution >= 4 is 17.6 Å². The highest BCUT2D eigenvalue weighted by molar-refractivity contribution is 7.98. The molecule has 18 heavy (non-hydrogen) atoms. The second-order valence-corrected chi connectivity index (χ2v) is 4.94. The van der Waals surface area contributed by atoms with E-state index in [2.05, 4.69) is 16.4 Å². The van der Waals surface area contributed by atoms with Crippen LogP contribution in [0.2, 0.25) is 0 Å². The van der Waals surface area contributed by atoms with Crippen molar-refractivity contribution < 1.29 is 5.11 Å². The summed E-state index contributed by atoms with van der Waals surface area (Å²) in [5.74, 6) is 1.80. The molecule has 0 atom stereocenters. The van der Waals surface area contributed by atoms with E-state index in [0.717, 1.165) is 17.1 Å². The predicted octanol–water partition coefficient (Wildman–Crippen LogP) is 2.91. The molecule has 0 fully saturated rings. The summed E-state index contributed by atoms with van der Waals surface area (Å²) in [6, 6.07) is 12.1. The van der Waals surface area contributed by atoms with Gasteiger partial charge < -0.3 is 10.4 Å². The zero-order valence-corrected chi connectivity index (χ0v) is 11.1. The lowest BCUT2D eigenvalue weighted by molar-refractivity contribution is 0.282. The second-order valence-electron chi connectivity index (χ2n) is 3.89. The van der Waals surface area contributed by atoms with Crippen LogP contribution in [0.15, 0.2) is 47.5 Å². The molecule has 0 amide bonds. The Morgan fingerprint density at radius 3 is 2.61 bits per heavy atom. The number of pyridine rings is 1. The Morgan fingerprint density at radius 1 is 1.17 bits per heavy atom. The zero-order valence-electron chi connectivity index (χ0n) is 10.3. The minimum Gasteiger partial charge on any atom is -0.392 e. The fourth-order valence-corrected chi connectivity index (χ4v) is 2.40. The SMILES string of the molecule is CNc1cc(CSc2ccc(CO)cc2)ccn1. The van der Waals surface area contributed by atoms with Crippen molar-refractivity contribution in [3.63, 3.8) is 0 Å². The number of nitrogens with zero attached hydrogens (tertiary/aromatic N) is 1. The summed E-state index contributed by atoms with van der Waals surface area (Å²) >= 11 is 1.77. The molecular weight excluding hydrogens is 244 g/mol. The summed E-state index contributed by atoms with van der Waals surface area (Å²) < 4.78 is 0. The van der Waals surface area contributed by atoms with Crippen molar-refractivity contribution in [2.45, 2.75) is 17.3 Å². The van der Waals surface area contributed by atoms with E-state index in [1.54, 1.807) is 11.8 Å². The summed E-state index contributed by atoms with van der Waals surface area (Å²) in [5, 5.41) is 12.0. The number of aliphatic hydroxyl groups excluding tert-OH is 1. The number of aromatic nitrogens is 1. The Kier molecular flexibility index (Phi) is 4.61. The Labute approximate surface area is 111 Å². The molecule has 2 N–H and O–H groups in total. The first-order chi connectivity index (χ1) is 8.81. The highest BCUT2D eigenvalue weighted by Crippen LogP contribution is 2.23. The highest BCUT2D eigenvalue weighted by atomic mass is 32.2. The Balaban J connectivity index is 1.97. The lowest BCUT2D eigenvalue weighted by Crippen LogP contribution is -1.92. The van der Waals surface area contributed by atoms with Gasteiger partial charge in [0.1, 0.15) is 5.82 Å². The van der Waals surface area contributed by atoms with Crippen LogP contribution in [0.3, 0.4) is 0 Å². The van der Waals surface area contributed by atoms with Crippen molar-refractivity contribution in [1.29, 1.82) is 0 Å². The molecule has 0 radical (unpaired) electrons. The molecule has 2 aromatic rings. The first-order valence-corrected chi connectivity index (χ1v) is 6.75. The fourth-order valence-electron chi connectivity index (χ4n) is 1.56. The third kappa shape index (κ3) is 3.48. The number of rotatable bonds is 5. The normalized spacial score (nSPS) is 10.3. The molecule has 0 bridgehead atoms. The van der Waals surface area contributed by atoms with Gasteiger partial charge in [-0.2, -0.15) is 0 Å². The number of hydrogen-bond donors (Lipinski definition) is 2. The number of anilines is 1. The lowest BCUT2D eigenvalue weighted by Gasteiger charge is -2.05. The van der Waals surface area contributed by atoms with Gasteiger partial charge in [0.05, 0.1) is 6.61 Å². The molecule has 94 valence electrons. The fraction of sp³-hybridized carbons (Fsp3) is 0.214. The maximum absolute atomic E-state index is 8.97. The van der Waals surface area contributed by atoms with Crippen molar-refractivity contribution in [3.05, 3.63) is 53.7 Å². The molecule has 1 heterocycles. The van der Waals surface area contributed by atoms with Gasteiger partial charge in [0.2, 0.25) is 0 Å². The number of nitrogens with one attached hydrogen (secondary N) is 1.